The molecule has 216 valence electrons. The van der Waals surface area contributed by atoms with E-state index in [1.54, 1.807) is 35.2 Å². The van der Waals surface area contributed by atoms with Crippen molar-refractivity contribution in [2.45, 2.75) is 20.1 Å². The van der Waals surface area contributed by atoms with E-state index in [1.807, 2.05) is 78.6 Å². The monoisotopic (exact) mass is 566 g/mol. The first kappa shape index (κ1) is 28.7. The van der Waals surface area contributed by atoms with Crippen molar-refractivity contribution in [2.75, 3.05) is 42.7 Å². The number of carboxylic acids is 1. The number of aromatic carboxylic acids is 1. The van der Waals surface area contributed by atoms with Crippen LogP contribution in [0, 0.1) is 0 Å². The fourth-order valence-electron chi connectivity index (χ4n) is 4.92. The molecule has 4 aromatic rings. The Morgan fingerprint density at radius 1 is 0.833 bits per heavy atom. The zero-order chi connectivity index (χ0) is 29.3. The normalized spacial score (nSPS) is 12.9. The van der Waals surface area contributed by atoms with Gasteiger partial charge in [-0.2, -0.15) is 0 Å². The summed E-state index contributed by atoms with van der Waals surface area (Å²) in [4.78, 5) is 29.8. The minimum Gasteiger partial charge on any atom is -0.490 e. The Labute approximate surface area is 245 Å². The second kappa shape index (κ2) is 13.7. The zero-order valence-corrected chi connectivity index (χ0v) is 23.6. The van der Waals surface area contributed by atoms with Crippen LogP contribution in [-0.2, 0) is 17.9 Å². The lowest BCUT2D eigenvalue weighted by Gasteiger charge is -2.31. The quantitative estimate of drug-likeness (QED) is 0.237. The molecule has 0 aromatic heterocycles. The maximum absolute atomic E-state index is 13.8. The van der Waals surface area contributed by atoms with Crippen molar-refractivity contribution in [2.24, 2.45) is 0 Å². The predicted octanol–water partition coefficient (Wildman–Crippen LogP) is 6.05. The van der Waals surface area contributed by atoms with Crippen LogP contribution in [0.1, 0.15) is 38.8 Å². The van der Waals surface area contributed by atoms with E-state index in [-0.39, 0.29) is 18.0 Å². The molecule has 1 saturated heterocycles. The van der Waals surface area contributed by atoms with Crippen molar-refractivity contribution in [1.82, 2.24) is 0 Å². The van der Waals surface area contributed by atoms with Gasteiger partial charge < -0.3 is 29.1 Å². The zero-order valence-electron chi connectivity index (χ0n) is 23.6. The van der Waals surface area contributed by atoms with Gasteiger partial charge in [0.05, 0.1) is 37.6 Å². The first-order valence-electron chi connectivity index (χ1n) is 14.0. The number of hydrogen-bond acceptors (Lipinski definition) is 6. The number of carboxylic acid groups (broad SMARTS) is 1. The Bertz CT molecular complexity index is 1500. The Kier molecular flexibility index (Phi) is 9.36. The fourth-order valence-corrected chi connectivity index (χ4v) is 4.92. The Morgan fingerprint density at radius 2 is 1.55 bits per heavy atom. The van der Waals surface area contributed by atoms with Crippen LogP contribution in [0.25, 0.3) is 0 Å². The highest BCUT2D eigenvalue weighted by Crippen LogP contribution is 2.33. The van der Waals surface area contributed by atoms with Crippen molar-refractivity contribution in [3.63, 3.8) is 0 Å². The van der Waals surface area contributed by atoms with Crippen molar-refractivity contribution in [3.05, 3.63) is 119 Å². The third-order valence-electron chi connectivity index (χ3n) is 7.03. The molecule has 0 unspecified atom stereocenters. The summed E-state index contributed by atoms with van der Waals surface area (Å²) in [6.45, 7) is 5.22. The van der Waals surface area contributed by atoms with Crippen LogP contribution in [0.2, 0.25) is 0 Å². The fraction of sp³-hybridized carbons (Fsp3) is 0.235. The van der Waals surface area contributed by atoms with Crippen LogP contribution in [0.5, 0.6) is 11.5 Å². The molecular weight excluding hydrogens is 532 g/mol. The molecule has 0 aliphatic carbocycles. The van der Waals surface area contributed by atoms with E-state index in [0.717, 1.165) is 11.1 Å². The number of ether oxygens (including phenoxy) is 3. The van der Waals surface area contributed by atoms with Crippen LogP contribution in [0.3, 0.4) is 0 Å². The van der Waals surface area contributed by atoms with Crippen LogP contribution < -0.4 is 19.3 Å². The van der Waals surface area contributed by atoms with Crippen molar-refractivity contribution < 1.29 is 28.9 Å². The molecular formula is C34H34N2O6. The summed E-state index contributed by atoms with van der Waals surface area (Å²) in [6.07, 6.45) is 0. The smallest absolute Gasteiger partial charge is 0.337 e. The van der Waals surface area contributed by atoms with Gasteiger partial charge in [-0.1, -0.05) is 54.6 Å². The molecule has 1 aliphatic heterocycles. The molecule has 0 spiro atoms. The highest BCUT2D eigenvalue weighted by atomic mass is 16.5. The molecule has 1 N–H and O–H groups in total. The number of amides is 1. The number of benzene rings is 4. The number of morpholine rings is 1. The van der Waals surface area contributed by atoms with Gasteiger partial charge in [0, 0.05) is 24.3 Å². The second-order valence-corrected chi connectivity index (χ2v) is 9.85. The highest BCUT2D eigenvalue weighted by Gasteiger charge is 2.24. The third-order valence-corrected chi connectivity index (χ3v) is 7.03. The van der Waals surface area contributed by atoms with Crippen molar-refractivity contribution >= 4 is 23.3 Å². The van der Waals surface area contributed by atoms with Crippen LogP contribution in [0.4, 0.5) is 11.4 Å². The predicted molar refractivity (Wildman–Crippen MR) is 162 cm³/mol. The second-order valence-electron chi connectivity index (χ2n) is 9.85. The van der Waals surface area contributed by atoms with E-state index in [0.29, 0.717) is 68.0 Å². The standard InChI is InChI=1S/C34H34N2O6/c1-2-41-32-21-26(13-16-31(32)42-24-25-9-5-3-6-10-25)23-36(33(37)27-11-7-4-8-12-27)28-14-15-30(29(22-28)34(38)39)35-17-19-40-20-18-35/h3-16,21-22H,2,17-20,23-24H2,1H3,(H,38,39). The minimum atomic E-state index is -1.05. The number of nitrogens with zero attached hydrogens (tertiary/aromatic N) is 2. The number of anilines is 2. The maximum atomic E-state index is 13.8. The molecule has 0 bridgehead atoms. The summed E-state index contributed by atoms with van der Waals surface area (Å²) in [7, 11) is 0. The van der Waals surface area contributed by atoms with Crippen LogP contribution in [0.15, 0.2) is 97.1 Å². The van der Waals surface area contributed by atoms with Crippen molar-refractivity contribution in [3.8, 4) is 11.5 Å². The molecule has 0 atom stereocenters. The molecule has 0 saturated carbocycles. The molecule has 5 rings (SSSR count). The van der Waals surface area contributed by atoms with Crippen LogP contribution >= 0.6 is 0 Å². The highest BCUT2D eigenvalue weighted by molar-refractivity contribution is 6.07. The van der Waals surface area contributed by atoms with Gasteiger partial charge >= 0.3 is 5.97 Å². The van der Waals surface area contributed by atoms with Gasteiger partial charge in [-0.15, -0.1) is 0 Å². The number of carbonyl (C=O) groups excluding carboxylic acids is 1. The summed E-state index contributed by atoms with van der Waals surface area (Å²) in [5.41, 5.74) is 3.59. The van der Waals surface area contributed by atoms with Gasteiger partial charge in [0.25, 0.3) is 5.91 Å². The van der Waals surface area contributed by atoms with Crippen molar-refractivity contribution in [1.29, 1.82) is 0 Å². The average Bonchev–Trinajstić information content (AvgIpc) is 3.04. The van der Waals surface area contributed by atoms with E-state index in [9.17, 15) is 14.7 Å². The van der Waals surface area contributed by atoms with E-state index >= 15 is 0 Å². The SMILES string of the molecule is CCOc1cc(CN(C(=O)c2ccccc2)c2ccc(N3CCOCC3)c(C(=O)O)c2)ccc1OCc1ccccc1. The summed E-state index contributed by atoms with van der Waals surface area (Å²) in [5.74, 6) is -0.113. The Balaban J connectivity index is 1.47. The van der Waals surface area contributed by atoms with Gasteiger partial charge in [0.15, 0.2) is 11.5 Å². The molecule has 42 heavy (non-hydrogen) atoms. The van der Waals surface area contributed by atoms with Gasteiger partial charge in [-0.3, -0.25) is 4.79 Å². The summed E-state index contributed by atoms with van der Waals surface area (Å²) in [6, 6.07) is 29.6. The summed E-state index contributed by atoms with van der Waals surface area (Å²) >= 11 is 0. The van der Waals surface area contributed by atoms with E-state index in [1.165, 1.54) is 0 Å². The molecule has 8 heteroatoms. The lowest BCUT2D eigenvalue weighted by molar-refractivity contribution is 0.0695. The first-order chi connectivity index (χ1) is 20.5. The molecule has 0 radical (unpaired) electrons. The first-order valence-corrected chi connectivity index (χ1v) is 14.0. The third kappa shape index (κ3) is 6.90. The summed E-state index contributed by atoms with van der Waals surface area (Å²) < 4.78 is 17.4. The van der Waals surface area contributed by atoms with Gasteiger partial charge in [-0.05, 0) is 60.5 Å². The van der Waals surface area contributed by atoms with Gasteiger partial charge in [-0.25, -0.2) is 4.79 Å². The lowest BCUT2D eigenvalue weighted by Crippen LogP contribution is -2.37. The number of carbonyl (C=O) groups is 2. The number of hydrogen-bond donors (Lipinski definition) is 1. The Hall–Kier alpha value is -4.82. The Morgan fingerprint density at radius 3 is 2.24 bits per heavy atom. The lowest BCUT2D eigenvalue weighted by atomic mass is 10.1. The topological polar surface area (TPSA) is 88.5 Å². The van der Waals surface area contributed by atoms with E-state index in [2.05, 4.69) is 0 Å². The number of rotatable bonds is 11. The molecule has 1 heterocycles. The molecule has 1 fully saturated rings. The largest absolute Gasteiger partial charge is 0.490 e. The summed E-state index contributed by atoms with van der Waals surface area (Å²) in [5, 5.41) is 10.1. The average molecular weight is 567 g/mol. The van der Waals surface area contributed by atoms with Crippen LogP contribution in [-0.4, -0.2) is 49.9 Å². The van der Waals surface area contributed by atoms with E-state index < -0.39 is 5.97 Å². The molecule has 4 aromatic carbocycles. The molecule has 8 nitrogen and oxygen atoms in total. The molecule has 1 amide bonds. The maximum Gasteiger partial charge on any atom is 0.337 e. The minimum absolute atomic E-state index is 0.139. The van der Waals surface area contributed by atoms with Gasteiger partial charge in [0.1, 0.15) is 6.61 Å². The van der Waals surface area contributed by atoms with Gasteiger partial charge in [0.2, 0.25) is 0 Å². The molecule has 1 aliphatic rings. The van der Waals surface area contributed by atoms with E-state index in [4.69, 9.17) is 14.2 Å².